The van der Waals surface area contributed by atoms with Gasteiger partial charge in [0.05, 0.1) is 22.0 Å². The van der Waals surface area contributed by atoms with Gasteiger partial charge in [0, 0.05) is 6.20 Å². The summed E-state index contributed by atoms with van der Waals surface area (Å²) in [4.78, 5) is 8.49. The average Bonchev–Trinajstić information content (AvgIpc) is 3.40. The van der Waals surface area contributed by atoms with E-state index in [1.165, 1.54) is 6.33 Å². The topological polar surface area (TPSA) is 67.6 Å². The quantitative estimate of drug-likeness (QED) is 0.459. The molecule has 6 rings (SSSR count). The Kier molecular flexibility index (Phi) is 4.97. The Hall–Kier alpha value is -1.45. The minimum Gasteiger partial charge on any atom is -0.370 e. The summed E-state index contributed by atoms with van der Waals surface area (Å²) in [6.07, 6.45) is 2.09. The van der Waals surface area contributed by atoms with Crippen LogP contribution in [0.3, 0.4) is 0 Å². The summed E-state index contributed by atoms with van der Waals surface area (Å²) in [6.45, 7) is 4.36. The van der Waals surface area contributed by atoms with Gasteiger partial charge in [-0.05, 0) is 49.6 Å². The van der Waals surface area contributed by atoms with E-state index < -0.39 is 18.1 Å². The molecule has 168 valence electrons. The number of ether oxygens (including phenoxy) is 4. The van der Waals surface area contributed by atoms with Crippen molar-refractivity contribution >= 4 is 45.8 Å². The minimum absolute atomic E-state index is 0.352. The molecule has 0 amide bonds. The molecule has 32 heavy (non-hydrogen) atoms. The third-order valence-electron chi connectivity index (χ3n) is 6.26. The third-order valence-corrected chi connectivity index (χ3v) is 7.28. The molecule has 0 aliphatic carbocycles. The van der Waals surface area contributed by atoms with Crippen LogP contribution in [0, 0.1) is 0 Å². The molecule has 0 spiro atoms. The smallest absolute Gasteiger partial charge is 0.164 e. The molecular formula is C22H20Cl3N3O4. The van der Waals surface area contributed by atoms with Gasteiger partial charge in [-0.3, -0.25) is 0 Å². The molecule has 3 aliphatic rings. The fraction of sp³-hybridized carbons (Fsp3) is 0.455. The van der Waals surface area contributed by atoms with Crippen molar-refractivity contribution in [3.8, 4) is 0 Å². The maximum absolute atomic E-state index is 6.59. The van der Waals surface area contributed by atoms with Gasteiger partial charge in [-0.25, -0.2) is 9.97 Å². The standard InChI is InChI=1S/C22H20Cl3N3O4/c1-22(2)31-17-16(15-12-8-14(24)13(23)7-10(12)4-6-29-15)30-21(18(17)32-22)28-5-3-11-19(25)26-9-27-20(11)28/h3,5,7-9,15-18,21H,4,6H2,1-2H3/t15-,16-,17-,18-,21-/m1/s1. The van der Waals surface area contributed by atoms with E-state index in [4.69, 9.17) is 53.8 Å². The zero-order valence-electron chi connectivity index (χ0n) is 17.3. The lowest BCUT2D eigenvalue weighted by Gasteiger charge is -2.33. The molecule has 3 aliphatic heterocycles. The second-order valence-corrected chi connectivity index (χ2v) is 9.86. The number of benzene rings is 1. The number of hydrogen-bond donors (Lipinski definition) is 0. The Morgan fingerprint density at radius 3 is 2.66 bits per heavy atom. The van der Waals surface area contributed by atoms with Crippen molar-refractivity contribution in [2.75, 3.05) is 6.61 Å². The average molecular weight is 497 g/mol. The van der Waals surface area contributed by atoms with Crippen molar-refractivity contribution in [2.24, 2.45) is 0 Å². The van der Waals surface area contributed by atoms with E-state index in [-0.39, 0.29) is 18.3 Å². The lowest BCUT2D eigenvalue weighted by Crippen LogP contribution is -2.37. The van der Waals surface area contributed by atoms with E-state index in [1.54, 1.807) is 0 Å². The third kappa shape index (κ3) is 3.26. The molecule has 2 fully saturated rings. The van der Waals surface area contributed by atoms with Gasteiger partial charge in [0.1, 0.15) is 41.5 Å². The van der Waals surface area contributed by atoms with Crippen LogP contribution in [0.1, 0.15) is 37.3 Å². The number of halogens is 3. The molecule has 5 heterocycles. The Bertz CT molecular complexity index is 1220. The van der Waals surface area contributed by atoms with Gasteiger partial charge in [-0.1, -0.05) is 34.8 Å². The first-order valence-corrected chi connectivity index (χ1v) is 11.5. The van der Waals surface area contributed by atoms with Crippen LogP contribution >= 0.6 is 34.8 Å². The highest BCUT2D eigenvalue weighted by Gasteiger charge is 2.58. The molecule has 5 atom stereocenters. The van der Waals surface area contributed by atoms with E-state index >= 15 is 0 Å². The van der Waals surface area contributed by atoms with E-state index in [1.807, 2.05) is 42.8 Å². The van der Waals surface area contributed by atoms with Gasteiger partial charge in [0.25, 0.3) is 0 Å². The van der Waals surface area contributed by atoms with E-state index in [0.717, 1.165) is 22.9 Å². The SMILES string of the molecule is CC1(C)O[C@H]2[C@@H](O1)[C@H](n1ccc3c(Cl)ncnc31)O[C@@H]2[C@@H]1OCCc2cc(Cl)c(Cl)cc21. The summed E-state index contributed by atoms with van der Waals surface area (Å²) in [6, 6.07) is 5.65. The molecular weight excluding hydrogens is 477 g/mol. The van der Waals surface area contributed by atoms with Crippen LogP contribution in [0.5, 0.6) is 0 Å². The van der Waals surface area contributed by atoms with Crippen LogP contribution in [0.15, 0.2) is 30.7 Å². The molecule has 0 radical (unpaired) electrons. The van der Waals surface area contributed by atoms with Crippen molar-refractivity contribution in [3.63, 3.8) is 0 Å². The zero-order chi connectivity index (χ0) is 22.2. The van der Waals surface area contributed by atoms with Crippen LogP contribution in [-0.4, -0.2) is 45.2 Å². The lowest BCUT2D eigenvalue weighted by atomic mass is 9.92. The molecule has 0 saturated carbocycles. The fourth-order valence-corrected chi connectivity index (χ4v) is 5.51. The zero-order valence-corrected chi connectivity index (χ0v) is 19.6. The molecule has 3 aromatic rings. The summed E-state index contributed by atoms with van der Waals surface area (Å²) in [5.74, 6) is -0.764. The summed E-state index contributed by atoms with van der Waals surface area (Å²) in [5, 5.41) is 2.15. The van der Waals surface area contributed by atoms with Crippen LogP contribution in [0.2, 0.25) is 15.2 Å². The summed E-state index contributed by atoms with van der Waals surface area (Å²) < 4.78 is 27.3. The Morgan fingerprint density at radius 2 is 1.81 bits per heavy atom. The molecule has 7 nitrogen and oxygen atoms in total. The van der Waals surface area contributed by atoms with Gasteiger partial charge >= 0.3 is 0 Å². The normalized spacial score (nSPS) is 31.1. The van der Waals surface area contributed by atoms with Crippen molar-refractivity contribution in [1.82, 2.24) is 14.5 Å². The predicted octanol–water partition coefficient (Wildman–Crippen LogP) is 5.12. The van der Waals surface area contributed by atoms with Crippen molar-refractivity contribution in [3.05, 3.63) is 57.0 Å². The van der Waals surface area contributed by atoms with Crippen LogP contribution < -0.4 is 0 Å². The van der Waals surface area contributed by atoms with E-state index in [2.05, 4.69) is 9.97 Å². The first kappa shape index (κ1) is 21.1. The summed E-state index contributed by atoms with van der Waals surface area (Å²) >= 11 is 18.9. The maximum atomic E-state index is 6.59. The lowest BCUT2D eigenvalue weighted by molar-refractivity contribution is -0.212. The van der Waals surface area contributed by atoms with Crippen molar-refractivity contribution < 1.29 is 18.9 Å². The van der Waals surface area contributed by atoms with Crippen LogP contribution in [-0.2, 0) is 25.4 Å². The van der Waals surface area contributed by atoms with Gasteiger partial charge in [0.2, 0.25) is 0 Å². The molecule has 1 aromatic carbocycles. The first-order valence-electron chi connectivity index (χ1n) is 10.4. The molecule has 10 heteroatoms. The van der Waals surface area contributed by atoms with Gasteiger partial charge in [-0.15, -0.1) is 0 Å². The number of rotatable bonds is 2. The molecule has 0 bridgehead atoms. The summed E-state index contributed by atoms with van der Waals surface area (Å²) in [7, 11) is 0. The highest BCUT2D eigenvalue weighted by atomic mass is 35.5. The highest BCUT2D eigenvalue weighted by molar-refractivity contribution is 6.42. The summed E-state index contributed by atoms with van der Waals surface area (Å²) in [5.41, 5.74) is 2.73. The number of nitrogens with zero attached hydrogens (tertiary/aromatic N) is 3. The monoisotopic (exact) mass is 495 g/mol. The number of aromatic nitrogens is 3. The second-order valence-electron chi connectivity index (χ2n) is 8.69. The maximum Gasteiger partial charge on any atom is 0.164 e. The molecule has 2 aromatic heterocycles. The number of fused-ring (bicyclic) bond motifs is 3. The van der Waals surface area contributed by atoms with E-state index in [0.29, 0.717) is 27.5 Å². The van der Waals surface area contributed by atoms with Crippen LogP contribution in [0.25, 0.3) is 11.0 Å². The van der Waals surface area contributed by atoms with Gasteiger partial charge < -0.3 is 23.5 Å². The second kappa shape index (κ2) is 7.53. The van der Waals surface area contributed by atoms with Crippen molar-refractivity contribution in [1.29, 1.82) is 0 Å². The first-order chi connectivity index (χ1) is 15.3. The fourth-order valence-electron chi connectivity index (χ4n) is 4.96. The van der Waals surface area contributed by atoms with Crippen molar-refractivity contribution in [2.45, 2.75) is 56.7 Å². The Balaban J connectivity index is 1.43. The van der Waals surface area contributed by atoms with Crippen LogP contribution in [0.4, 0.5) is 0 Å². The van der Waals surface area contributed by atoms with Gasteiger partial charge in [0.15, 0.2) is 12.0 Å². The number of hydrogen-bond acceptors (Lipinski definition) is 6. The Labute approximate surface area is 199 Å². The van der Waals surface area contributed by atoms with E-state index in [9.17, 15) is 0 Å². The predicted molar refractivity (Wildman–Crippen MR) is 119 cm³/mol. The highest BCUT2D eigenvalue weighted by Crippen LogP contribution is 2.49. The Morgan fingerprint density at radius 1 is 1.03 bits per heavy atom. The van der Waals surface area contributed by atoms with Gasteiger partial charge in [-0.2, -0.15) is 0 Å². The molecule has 2 saturated heterocycles. The largest absolute Gasteiger partial charge is 0.370 e. The minimum atomic E-state index is -0.764. The molecule has 0 N–H and O–H groups in total. The molecule has 0 unspecified atom stereocenters.